The Bertz CT molecular complexity index is 294. The van der Waals surface area contributed by atoms with Crippen LogP contribution in [-0.4, -0.2) is 18.9 Å². The van der Waals surface area contributed by atoms with E-state index in [4.69, 9.17) is 5.73 Å². The lowest BCUT2D eigenvalue weighted by atomic mass is 9.69. The minimum absolute atomic E-state index is 0.0422. The van der Waals surface area contributed by atoms with Gasteiger partial charge < -0.3 is 11.1 Å². The molecule has 2 amide bonds. The maximum absolute atomic E-state index is 12.0. The number of nitrogens with one attached hydrogen (secondary N) is 1. The van der Waals surface area contributed by atoms with Gasteiger partial charge in [0.05, 0.1) is 11.3 Å². The van der Waals surface area contributed by atoms with E-state index in [9.17, 15) is 9.59 Å². The first-order chi connectivity index (χ1) is 7.94. The van der Waals surface area contributed by atoms with E-state index in [0.29, 0.717) is 5.92 Å². The van der Waals surface area contributed by atoms with Crippen LogP contribution >= 0.6 is 0 Å². The van der Waals surface area contributed by atoms with Crippen molar-refractivity contribution in [3.8, 4) is 0 Å². The van der Waals surface area contributed by atoms with Gasteiger partial charge >= 0.3 is 0 Å². The molecule has 0 aromatic carbocycles. The lowest BCUT2D eigenvalue weighted by Gasteiger charge is -2.34. The van der Waals surface area contributed by atoms with Crippen molar-refractivity contribution in [1.82, 2.24) is 5.32 Å². The van der Waals surface area contributed by atoms with Crippen LogP contribution in [0.25, 0.3) is 0 Å². The molecule has 0 unspecified atom stereocenters. The summed E-state index contributed by atoms with van der Waals surface area (Å²) < 4.78 is 0. The summed E-state index contributed by atoms with van der Waals surface area (Å²) >= 11 is 0. The quantitative estimate of drug-likeness (QED) is 0.763. The Balaban J connectivity index is 3.00. The third kappa shape index (κ3) is 2.79. The average Bonchev–Trinajstić information content (AvgIpc) is 2.74. The van der Waals surface area contributed by atoms with E-state index in [1.54, 1.807) is 7.05 Å². The largest absolute Gasteiger partial charge is 0.369 e. The van der Waals surface area contributed by atoms with Gasteiger partial charge in [-0.05, 0) is 25.2 Å². The van der Waals surface area contributed by atoms with Crippen LogP contribution < -0.4 is 11.1 Å². The number of hydrogen-bond acceptors (Lipinski definition) is 2. The monoisotopic (exact) mass is 240 g/mol. The van der Waals surface area contributed by atoms with Crippen LogP contribution in [0.1, 0.15) is 46.0 Å². The highest BCUT2D eigenvalue weighted by Gasteiger charge is 2.49. The molecule has 1 aliphatic carbocycles. The standard InChI is InChI=1S/C13H24N2O2/c1-9(2)8-10(11(16)15-3)13(12(14)17)6-4-5-7-13/h9-10H,4-8H2,1-3H3,(H2,14,17)(H,15,16)/t10-/m0/s1. The fourth-order valence-corrected chi connectivity index (χ4v) is 3.00. The number of carbonyl (C=O) groups is 2. The third-order valence-corrected chi connectivity index (χ3v) is 3.92. The van der Waals surface area contributed by atoms with Crippen molar-refractivity contribution in [1.29, 1.82) is 0 Å². The predicted octanol–water partition coefficient (Wildman–Crippen LogP) is 1.44. The Labute approximate surface area is 103 Å². The minimum atomic E-state index is -0.607. The van der Waals surface area contributed by atoms with Gasteiger partial charge in [0, 0.05) is 7.05 Å². The lowest BCUT2D eigenvalue weighted by molar-refractivity contribution is -0.140. The van der Waals surface area contributed by atoms with Gasteiger partial charge in [-0.15, -0.1) is 0 Å². The van der Waals surface area contributed by atoms with Crippen molar-refractivity contribution < 1.29 is 9.59 Å². The van der Waals surface area contributed by atoms with Crippen LogP contribution in [0.4, 0.5) is 0 Å². The number of primary amides is 1. The molecule has 0 bridgehead atoms. The van der Waals surface area contributed by atoms with E-state index in [0.717, 1.165) is 32.1 Å². The molecule has 0 heterocycles. The zero-order valence-corrected chi connectivity index (χ0v) is 11.1. The summed E-state index contributed by atoms with van der Waals surface area (Å²) in [6.07, 6.45) is 4.23. The van der Waals surface area contributed by atoms with E-state index in [1.165, 1.54) is 0 Å². The summed E-state index contributed by atoms with van der Waals surface area (Å²) in [5.41, 5.74) is 4.98. The molecule has 1 aliphatic rings. The summed E-state index contributed by atoms with van der Waals surface area (Å²) in [6, 6.07) is 0. The third-order valence-electron chi connectivity index (χ3n) is 3.92. The van der Waals surface area contributed by atoms with Crippen molar-refractivity contribution in [2.24, 2.45) is 23.0 Å². The van der Waals surface area contributed by atoms with Gasteiger partial charge in [-0.2, -0.15) is 0 Å². The van der Waals surface area contributed by atoms with Gasteiger partial charge in [0.15, 0.2) is 0 Å². The number of nitrogens with two attached hydrogens (primary N) is 1. The van der Waals surface area contributed by atoms with Crippen LogP contribution in [0, 0.1) is 17.3 Å². The molecule has 4 nitrogen and oxygen atoms in total. The van der Waals surface area contributed by atoms with Crippen LogP contribution in [0.5, 0.6) is 0 Å². The second-order valence-electron chi connectivity index (χ2n) is 5.52. The molecule has 0 saturated heterocycles. The van der Waals surface area contributed by atoms with Crippen molar-refractivity contribution in [2.75, 3.05) is 7.05 Å². The zero-order valence-electron chi connectivity index (χ0n) is 11.1. The zero-order chi connectivity index (χ0) is 13.1. The van der Waals surface area contributed by atoms with Crippen molar-refractivity contribution in [2.45, 2.75) is 46.0 Å². The molecule has 0 spiro atoms. The Morgan fingerprint density at radius 1 is 1.29 bits per heavy atom. The molecular formula is C13H24N2O2. The van der Waals surface area contributed by atoms with Crippen LogP contribution in [0.15, 0.2) is 0 Å². The van der Waals surface area contributed by atoms with Crippen LogP contribution in [0.3, 0.4) is 0 Å². The fraction of sp³-hybridized carbons (Fsp3) is 0.846. The topological polar surface area (TPSA) is 72.2 Å². The molecule has 0 aromatic rings. The molecule has 1 fully saturated rings. The molecule has 1 atom stereocenters. The normalized spacial score (nSPS) is 20.2. The molecule has 98 valence electrons. The Hall–Kier alpha value is -1.06. The van der Waals surface area contributed by atoms with Gasteiger partial charge in [-0.3, -0.25) is 9.59 Å². The smallest absolute Gasteiger partial charge is 0.224 e. The van der Waals surface area contributed by atoms with Gasteiger partial charge in [-0.1, -0.05) is 26.7 Å². The van der Waals surface area contributed by atoms with Crippen molar-refractivity contribution in [3.63, 3.8) is 0 Å². The number of amides is 2. The predicted molar refractivity (Wildman–Crippen MR) is 67.1 cm³/mol. The Morgan fingerprint density at radius 3 is 2.18 bits per heavy atom. The Morgan fingerprint density at radius 2 is 1.82 bits per heavy atom. The molecule has 0 radical (unpaired) electrons. The summed E-state index contributed by atoms with van der Waals surface area (Å²) in [6.45, 7) is 4.14. The summed E-state index contributed by atoms with van der Waals surface area (Å²) in [5.74, 6) is -0.231. The highest BCUT2D eigenvalue weighted by Crippen LogP contribution is 2.46. The fourth-order valence-electron chi connectivity index (χ4n) is 3.00. The first-order valence-corrected chi connectivity index (χ1v) is 6.45. The minimum Gasteiger partial charge on any atom is -0.369 e. The van der Waals surface area contributed by atoms with Gasteiger partial charge in [0.25, 0.3) is 0 Å². The first-order valence-electron chi connectivity index (χ1n) is 6.45. The van der Waals surface area contributed by atoms with Gasteiger partial charge in [-0.25, -0.2) is 0 Å². The van der Waals surface area contributed by atoms with E-state index in [2.05, 4.69) is 19.2 Å². The molecule has 0 aromatic heterocycles. The summed E-state index contributed by atoms with van der Waals surface area (Å²) in [7, 11) is 1.62. The maximum Gasteiger partial charge on any atom is 0.224 e. The first kappa shape index (κ1) is 14.0. The Kier molecular flexibility index (Phi) is 4.54. The maximum atomic E-state index is 12.0. The highest BCUT2D eigenvalue weighted by molar-refractivity contribution is 5.90. The SMILES string of the molecule is CNC(=O)[C@H](CC(C)C)C1(C(N)=O)CCCC1. The molecule has 17 heavy (non-hydrogen) atoms. The average molecular weight is 240 g/mol. The van der Waals surface area contributed by atoms with Crippen LogP contribution in [0.2, 0.25) is 0 Å². The summed E-state index contributed by atoms with van der Waals surface area (Å²) in [5, 5.41) is 2.68. The molecular weight excluding hydrogens is 216 g/mol. The number of hydrogen-bond donors (Lipinski definition) is 2. The van der Waals surface area contributed by atoms with E-state index < -0.39 is 5.41 Å². The van der Waals surface area contributed by atoms with Crippen molar-refractivity contribution >= 4 is 11.8 Å². The molecule has 1 saturated carbocycles. The van der Waals surface area contributed by atoms with Gasteiger partial charge in [0.1, 0.15) is 0 Å². The van der Waals surface area contributed by atoms with Gasteiger partial charge in [0.2, 0.25) is 11.8 Å². The van der Waals surface area contributed by atoms with Crippen LogP contribution in [-0.2, 0) is 9.59 Å². The van der Waals surface area contributed by atoms with E-state index >= 15 is 0 Å². The number of carbonyl (C=O) groups excluding carboxylic acids is 2. The molecule has 3 N–H and O–H groups in total. The second-order valence-corrected chi connectivity index (χ2v) is 5.52. The highest BCUT2D eigenvalue weighted by atomic mass is 16.2. The number of rotatable bonds is 5. The second kappa shape index (κ2) is 5.52. The molecule has 1 rings (SSSR count). The van der Waals surface area contributed by atoms with E-state index in [1.807, 2.05) is 0 Å². The summed E-state index contributed by atoms with van der Waals surface area (Å²) in [4.78, 5) is 23.8. The molecule has 4 heteroatoms. The van der Waals surface area contributed by atoms with Crippen molar-refractivity contribution in [3.05, 3.63) is 0 Å². The molecule has 0 aliphatic heterocycles. The van der Waals surface area contributed by atoms with E-state index in [-0.39, 0.29) is 17.7 Å². The lowest BCUT2D eigenvalue weighted by Crippen LogP contribution is -2.48.